The molecule has 1 atom stereocenters. The standard InChI is InChI=1S/C14H24ClN3O2/c1-4-7-17(12-5-6-12)14(20)10-18(11(2)8-15)13(19)9-16-3/h9,11-12H,4-8,10H2,1-3H3. The lowest BCUT2D eigenvalue weighted by molar-refractivity contribution is -0.138. The molecular weight excluding hydrogens is 278 g/mol. The van der Waals surface area contributed by atoms with Gasteiger partial charge in [-0.2, -0.15) is 0 Å². The number of hydrogen-bond donors (Lipinski definition) is 0. The first-order valence-electron chi connectivity index (χ1n) is 7.13. The van der Waals surface area contributed by atoms with E-state index in [0.29, 0.717) is 11.9 Å². The van der Waals surface area contributed by atoms with E-state index in [1.54, 1.807) is 0 Å². The normalized spacial score (nSPS) is 16.2. The van der Waals surface area contributed by atoms with Crippen LogP contribution in [0, 0.1) is 0 Å². The summed E-state index contributed by atoms with van der Waals surface area (Å²) < 4.78 is 0. The lowest BCUT2D eigenvalue weighted by atomic mass is 10.2. The van der Waals surface area contributed by atoms with Crippen LogP contribution in [0.4, 0.5) is 0 Å². The van der Waals surface area contributed by atoms with Crippen LogP contribution in [0.15, 0.2) is 4.99 Å². The van der Waals surface area contributed by atoms with Crippen molar-refractivity contribution in [3.8, 4) is 0 Å². The lowest BCUT2D eigenvalue weighted by Crippen LogP contribution is -2.48. The van der Waals surface area contributed by atoms with Crippen LogP contribution in [-0.2, 0) is 9.59 Å². The summed E-state index contributed by atoms with van der Waals surface area (Å²) in [5, 5.41) is 0. The van der Waals surface area contributed by atoms with E-state index >= 15 is 0 Å². The molecule has 1 saturated carbocycles. The van der Waals surface area contributed by atoms with Crippen molar-refractivity contribution in [2.24, 2.45) is 4.99 Å². The summed E-state index contributed by atoms with van der Waals surface area (Å²) in [5.74, 6) is 0.0405. The minimum atomic E-state index is -0.263. The van der Waals surface area contributed by atoms with Gasteiger partial charge in [0.05, 0.1) is 6.21 Å². The molecule has 0 aliphatic heterocycles. The van der Waals surface area contributed by atoms with E-state index in [2.05, 4.69) is 11.9 Å². The molecule has 1 fully saturated rings. The van der Waals surface area contributed by atoms with E-state index in [9.17, 15) is 9.59 Å². The quantitative estimate of drug-likeness (QED) is 0.504. The molecule has 114 valence electrons. The molecule has 0 spiro atoms. The van der Waals surface area contributed by atoms with Gasteiger partial charge in [0.25, 0.3) is 5.91 Å². The Hall–Kier alpha value is -1.10. The summed E-state index contributed by atoms with van der Waals surface area (Å²) in [5.41, 5.74) is 0. The fourth-order valence-electron chi connectivity index (χ4n) is 2.09. The fourth-order valence-corrected chi connectivity index (χ4v) is 2.26. The highest BCUT2D eigenvalue weighted by Gasteiger charge is 2.33. The Labute approximate surface area is 126 Å². The minimum Gasteiger partial charge on any atom is -0.338 e. The van der Waals surface area contributed by atoms with Gasteiger partial charge in [-0.05, 0) is 26.2 Å². The highest BCUT2D eigenvalue weighted by molar-refractivity contribution is 6.27. The van der Waals surface area contributed by atoms with Gasteiger partial charge in [-0.25, -0.2) is 0 Å². The Balaban J connectivity index is 2.71. The Morgan fingerprint density at radius 2 is 2.10 bits per heavy atom. The predicted molar refractivity (Wildman–Crippen MR) is 81.3 cm³/mol. The predicted octanol–water partition coefficient (Wildman–Crippen LogP) is 1.54. The molecule has 0 radical (unpaired) electrons. The van der Waals surface area contributed by atoms with E-state index in [-0.39, 0.29) is 24.4 Å². The Morgan fingerprint density at radius 1 is 1.45 bits per heavy atom. The van der Waals surface area contributed by atoms with Crippen molar-refractivity contribution >= 4 is 29.6 Å². The van der Waals surface area contributed by atoms with Crippen molar-refractivity contribution in [3.63, 3.8) is 0 Å². The highest BCUT2D eigenvalue weighted by atomic mass is 35.5. The van der Waals surface area contributed by atoms with E-state index < -0.39 is 0 Å². The SMILES string of the molecule is CCCN(C(=O)CN(C(=O)C=NC)C(C)CCl)C1CC1. The zero-order valence-corrected chi connectivity index (χ0v) is 13.3. The molecule has 0 aromatic heterocycles. The number of carbonyl (C=O) groups is 2. The molecule has 1 aliphatic carbocycles. The van der Waals surface area contributed by atoms with Crippen molar-refractivity contribution in [1.82, 2.24) is 9.80 Å². The second-order valence-electron chi connectivity index (χ2n) is 5.18. The molecular formula is C14H24ClN3O2. The summed E-state index contributed by atoms with van der Waals surface area (Å²) in [6.07, 6.45) is 4.30. The highest BCUT2D eigenvalue weighted by Crippen LogP contribution is 2.27. The van der Waals surface area contributed by atoms with Gasteiger partial charge in [-0.3, -0.25) is 14.6 Å². The summed E-state index contributed by atoms with van der Waals surface area (Å²) in [4.78, 5) is 31.5. The van der Waals surface area contributed by atoms with E-state index in [0.717, 1.165) is 25.8 Å². The smallest absolute Gasteiger partial charge is 0.265 e. The first-order valence-corrected chi connectivity index (χ1v) is 7.66. The number of nitrogens with zero attached hydrogens (tertiary/aromatic N) is 3. The Kier molecular flexibility index (Phi) is 6.99. The second kappa shape index (κ2) is 8.25. The molecule has 2 amide bonds. The maximum Gasteiger partial charge on any atom is 0.265 e. The Morgan fingerprint density at radius 3 is 2.55 bits per heavy atom. The average molecular weight is 302 g/mol. The summed E-state index contributed by atoms with van der Waals surface area (Å²) in [6.45, 7) is 4.72. The lowest BCUT2D eigenvalue weighted by Gasteiger charge is -2.29. The summed E-state index contributed by atoms with van der Waals surface area (Å²) >= 11 is 5.83. The van der Waals surface area contributed by atoms with Gasteiger partial charge in [0.1, 0.15) is 6.54 Å². The number of carbonyl (C=O) groups excluding carboxylic acids is 2. The number of amides is 2. The maximum atomic E-state index is 12.4. The molecule has 0 heterocycles. The van der Waals surface area contributed by atoms with Crippen molar-refractivity contribution in [1.29, 1.82) is 0 Å². The van der Waals surface area contributed by atoms with Crippen LogP contribution in [0.25, 0.3) is 0 Å². The monoisotopic (exact) mass is 301 g/mol. The first-order chi connectivity index (χ1) is 9.54. The molecule has 1 rings (SSSR count). The van der Waals surface area contributed by atoms with Crippen molar-refractivity contribution in [2.45, 2.75) is 45.2 Å². The second-order valence-corrected chi connectivity index (χ2v) is 5.48. The van der Waals surface area contributed by atoms with E-state index in [4.69, 9.17) is 11.6 Å². The van der Waals surface area contributed by atoms with Gasteiger partial charge in [0.15, 0.2) is 0 Å². The largest absolute Gasteiger partial charge is 0.338 e. The van der Waals surface area contributed by atoms with Gasteiger partial charge < -0.3 is 9.80 Å². The molecule has 0 aromatic rings. The number of aliphatic imine (C=N–C) groups is 1. The third-order valence-electron chi connectivity index (χ3n) is 3.36. The molecule has 0 bridgehead atoms. The molecule has 1 unspecified atom stereocenters. The molecule has 0 saturated heterocycles. The number of hydrogen-bond acceptors (Lipinski definition) is 3. The molecule has 0 aromatic carbocycles. The average Bonchev–Trinajstić information content (AvgIpc) is 3.25. The van der Waals surface area contributed by atoms with Crippen molar-refractivity contribution in [2.75, 3.05) is 26.0 Å². The van der Waals surface area contributed by atoms with Crippen LogP contribution >= 0.6 is 11.6 Å². The Bertz CT molecular complexity index is 369. The number of halogens is 1. The first kappa shape index (κ1) is 17.0. The molecule has 0 N–H and O–H groups in total. The zero-order chi connectivity index (χ0) is 15.1. The topological polar surface area (TPSA) is 53.0 Å². The zero-order valence-electron chi connectivity index (χ0n) is 12.5. The van der Waals surface area contributed by atoms with E-state index in [1.807, 2.05) is 11.8 Å². The van der Waals surface area contributed by atoms with Crippen molar-refractivity contribution < 1.29 is 9.59 Å². The summed E-state index contributed by atoms with van der Waals surface area (Å²) in [7, 11) is 1.54. The van der Waals surface area contributed by atoms with Crippen LogP contribution in [0.2, 0.25) is 0 Å². The summed E-state index contributed by atoms with van der Waals surface area (Å²) in [6, 6.07) is 0.180. The van der Waals surface area contributed by atoms with Gasteiger partial charge in [0, 0.05) is 31.6 Å². The van der Waals surface area contributed by atoms with Gasteiger partial charge in [-0.1, -0.05) is 6.92 Å². The maximum absolute atomic E-state index is 12.4. The third-order valence-corrected chi connectivity index (χ3v) is 3.80. The van der Waals surface area contributed by atoms with Gasteiger partial charge >= 0.3 is 0 Å². The van der Waals surface area contributed by atoms with E-state index in [1.165, 1.54) is 18.2 Å². The molecule has 1 aliphatic rings. The van der Waals surface area contributed by atoms with Gasteiger partial charge in [-0.15, -0.1) is 11.6 Å². The molecule has 6 heteroatoms. The van der Waals surface area contributed by atoms with Crippen LogP contribution < -0.4 is 0 Å². The molecule has 20 heavy (non-hydrogen) atoms. The number of rotatable bonds is 8. The fraction of sp³-hybridized carbons (Fsp3) is 0.786. The minimum absolute atomic E-state index is 0.00386. The van der Waals surface area contributed by atoms with Crippen LogP contribution in [0.1, 0.15) is 33.1 Å². The van der Waals surface area contributed by atoms with Crippen molar-refractivity contribution in [3.05, 3.63) is 0 Å². The number of alkyl halides is 1. The van der Waals surface area contributed by atoms with Gasteiger partial charge in [0.2, 0.25) is 5.91 Å². The van der Waals surface area contributed by atoms with Crippen LogP contribution in [-0.4, -0.2) is 65.9 Å². The third kappa shape index (κ3) is 4.78. The van der Waals surface area contributed by atoms with Crippen LogP contribution in [0.3, 0.4) is 0 Å². The van der Waals surface area contributed by atoms with Crippen LogP contribution in [0.5, 0.6) is 0 Å². The molecule has 5 nitrogen and oxygen atoms in total.